The molecule has 2 atom stereocenters. The third-order valence-electron chi connectivity index (χ3n) is 3.23. The Labute approximate surface area is 92.7 Å². The highest BCUT2D eigenvalue weighted by molar-refractivity contribution is 5.26. The average molecular weight is 229 g/mol. The number of hydrogen-bond donors (Lipinski definition) is 1. The lowest BCUT2D eigenvalue weighted by Crippen LogP contribution is -2.25. The van der Waals surface area contributed by atoms with E-state index in [0.717, 1.165) is 25.5 Å². The summed E-state index contributed by atoms with van der Waals surface area (Å²) in [6.07, 6.45) is 1.61. The molecule has 1 heterocycles. The van der Waals surface area contributed by atoms with Gasteiger partial charge in [-0.3, -0.25) is 0 Å². The molecule has 0 aliphatic carbocycles. The van der Waals surface area contributed by atoms with E-state index in [2.05, 4.69) is 5.32 Å². The van der Waals surface area contributed by atoms with Gasteiger partial charge in [0.25, 0.3) is 0 Å². The van der Waals surface area contributed by atoms with Crippen LogP contribution in [0.25, 0.3) is 0 Å². The van der Waals surface area contributed by atoms with Crippen LogP contribution in [-0.4, -0.2) is 12.6 Å². The molecule has 2 unspecified atom stereocenters. The fourth-order valence-electron chi connectivity index (χ4n) is 2.39. The molecule has 1 aliphatic heterocycles. The number of hydrogen-bond acceptors (Lipinski definition) is 1. The van der Waals surface area contributed by atoms with Crippen molar-refractivity contribution < 1.29 is 13.2 Å². The van der Waals surface area contributed by atoms with E-state index in [-0.39, 0.29) is 17.5 Å². The van der Waals surface area contributed by atoms with Gasteiger partial charge in [-0.15, -0.1) is 0 Å². The molecule has 1 fully saturated rings. The quantitative estimate of drug-likeness (QED) is 0.769. The zero-order valence-electron chi connectivity index (χ0n) is 9.06. The normalized spacial score (nSPS) is 25.0. The zero-order chi connectivity index (χ0) is 11.7. The number of rotatable bonds is 2. The van der Waals surface area contributed by atoms with Gasteiger partial charge >= 0.3 is 0 Å². The van der Waals surface area contributed by atoms with Crippen LogP contribution in [0.4, 0.5) is 13.2 Å². The van der Waals surface area contributed by atoms with E-state index >= 15 is 0 Å². The average Bonchev–Trinajstić information content (AvgIpc) is 2.71. The molecule has 1 aromatic rings. The van der Waals surface area contributed by atoms with Gasteiger partial charge in [0, 0.05) is 18.0 Å². The van der Waals surface area contributed by atoms with E-state index < -0.39 is 17.5 Å². The topological polar surface area (TPSA) is 12.0 Å². The van der Waals surface area contributed by atoms with Crippen molar-refractivity contribution in [3.63, 3.8) is 0 Å². The van der Waals surface area contributed by atoms with Crippen molar-refractivity contribution in [1.82, 2.24) is 5.32 Å². The lowest BCUT2D eigenvalue weighted by atomic mass is 9.90. The van der Waals surface area contributed by atoms with Gasteiger partial charge in [0.05, 0.1) is 0 Å². The number of halogens is 3. The summed E-state index contributed by atoms with van der Waals surface area (Å²) in [5.41, 5.74) is 0.288. The molecule has 16 heavy (non-hydrogen) atoms. The van der Waals surface area contributed by atoms with E-state index in [0.29, 0.717) is 6.07 Å². The van der Waals surface area contributed by atoms with E-state index in [1.165, 1.54) is 0 Å². The molecule has 1 aliphatic rings. The maximum atomic E-state index is 13.6. The third kappa shape index (κ3) is 1.94. The van der Waals surface area contributed by atoms with E-state index in [1.54, 1.807) is 0 Å². The molecule has 1 nitrogen and oxygen atoms in total. The molecule has 0 radical (unpaired) electrons. The second-order valence-electron chi connectivity index (χ2n) is 4.15. The van der Waals surface area contributed by atoms with Crippen LogP contribution in [0.2, 0.25) is 0 Å². The highest BCUT2D eigenvalue weighted by Crippen LogP contribution is 2.32. The largest absolute Gasteiger partial charge is 0.313 e. The Hall–Kier alpha value is -1.03. The molecule has 2 rings (SSSR count). The lowest BCUT2D eigenvalue weighted by Gasteiger charge is -2.19. The maximum Gasteiger partial charge on any atom is 0.161 e. The molecule has 0 saturated carbocycles. The van der Waals surface area contributed by atoms with Crippen LogP contribution in [0, 0.1) is 17.5 Å². The van der Waals surface area contributed by atoms with E-state index in [4.69, 9.17) is 0 Å². The van der Waals surface area contributed by atoms with Gasteiger partial charge < -0.3 is 5.32 Å². The monoisotopic (exact) mass is 229 g/mol. The molecule has 1 saturated heterocycles. The van der Waals surface area contributed by atoms with Crippen LogP contribution in [0.3, 0.4) is 0 Å². The van der Waals surface area contributed by atoms with Crippen LogP contribution in [0.1, 0.15) is 31.2 Å². The minimum atomic E-state index is -1.12. The first-order valence-corrected chi connectivity index (χ1v) is 5.51. The molecule has 1 aromatic carbocycles. The Bertz CT molecular complexity index is 392. The van der Waals surface area contributed by atoms with E-state index in [9.17, 15) is 13.2 Å². The summed E-state index contributed by atoms with van der Waals surface area (Å²) in [5.74, 6) is -2.80. The summed E-state index contributed by atoms with van der Waals surface area (Å²) in [4.78, 5) is 0. The molecule has 0 spiro atoms. The molecule has 0 amide bonds. The van der Waals surface area contributed by atoms with Crippen molar-refractivity contribution in [2.45, 2.75) is 31.7 Å². The van der Waals surface area contributed by atoms with Crippen molar-refractivity contribution in [1.29, 1.82) is 0 Å². The number of nitrogens with one attached hydrogen (secondary N) is 1. The molecule has 0 aromatic heterocycles. The first-order chi connectivity index (χ1) is 7.63. The second kappa shape index (κ2) is 4.45. The molecule has 0 bridgehead atoms. The Morgan fingerprint density at radius 3 is 2.56 bits per heavy atom. The first kappa shape index (κ1) is 11.5. The molecule has 88 valence electrons. The Morgan fingerprint density at radius 1 is 1.19 bits per heavy atom. The summed E-state index contributed by atoms with van der Waals surface area (Å²) in [7, 11) is 0. The molecule has 4 heteroatoms. The highest BCUT2D eigenvalue weighted by Gasteiger charge is 2.29. The first-order valence-electron chi connectivity index (χ1n) is 5.51. The standard InChI is InChI=1S/C12H14F3N/c1-2-12-7(3-4-16-12)8-5-10(14)11(15)6-9(8)13/h5-7,12,16H,2-4H2,1H3. The van der Waals surface area contributed by atoms with Gasteiger partial charge in [0.15, 0.2) is 11.6 Å². The fraction of sp³-hybridized carbons (Fsp3) is 0.500. The predicted molar refractivity (Wildman–Crippen MR) is 55.8 cm³/mol. The molecular weight excluding hydrogens is 215 g/mol. The van der Waals surface area contributed by atoms with Crippen LogP contribution in [0.5, 0.6) is 0 Å². The minimum Gasteiger partial charge on any atom is -0.313 e. The minimum absolute atomic E-state index is 0.0555. The van der Waals surface area contributed by atoms with Crippen LogP contribution in [0.15, 0.2) is 12.1 Å². The Morgan fingerprint density at radius 2 is 1.88 bits per heavy atom. The zero-order valence-corrected chi connectivity index (χ0v) is 9.06. The summed E-state index contributed by atoms with van der Waals surface area (Å²) in [5, 5.41) is 3.23. The summed E-state index contributed by atoms with van der Waals surface area (Å²) in [6.45, 7) is 2.79. The van der Waals surface area contributed by atoms with Crippen molar-refractivity contribution in [3.8, 4) is 0 Å². The van der Waals surface area contributed by atoms with Crippen LogP contribution in [-0.2, 0) is 0 Å². The maximum absolute atomic E-state index is 13.6. The summed E-state index contributed by atoms with van der Waals surface area (Å²) in [6, 6.07) is 1.78. The van der Waals surface area contributed by atoms with Gasteiger partial charge in [-0.05, 0) is 31.0 Å². The van der Waals surface area contributed by atoms with Gasteiger partial charge in [-0.1, -0.05) is 6.92 Å². The number of benzene rings is 1. The Kier molecular flexibility index (Phi) is 3.19. The van der Waals surface area contributed by atoms with Gasteiger partial charge in [0.1, 0.15) is 5.82 Å². The van der Waals surface area contributed by atoms with Crippen molar-refractivity contribution in [2.24, 2.45) is 0 Å². The second-order valence-corrected chi connectivity index (χ2v) is 4.15. The van der Waals surface area contributed by atoms with Crippen molar-refractivity contribution in [3.05, 3.63) is 35.1 Å². The van der Waals surface area contributed by atoms with E-state index in [1.807, 2.05) is 6.92 Å². The van der Waals surface area contributed by atoms with Crippen LogP contribution < -0.4 is 5.32 Å². The molecular formula is C12H14F3N. The van der Waals surface area contributed by atoms with Crippen LogP contribution >= 0.6 is 0 Å². The van der Waals surface area contributed by atoms with Gasteiger partial charge in [-0.2, -0.15) is 0 Å². The smallest absolute Gasteiger partial charge is 0.161 e. The predicted octanol–water partition coefficient (Wildman–Crippen LogP) is 2.96. The van der Waals surface area contributed by atoms with Crippen molar-refractivity contribution in [2.75, 3.05) is 6.54 Å². The fourth-order valence-corrected chi connectivity index (χ4v) is 2.39. The van der Waals surface area contributed by atoms with Gasteiger partial charge in [-0.25, -0.2) is 13.2 Å². The third-order valence-corrected chi connectivity index (χ3v) is 3.23. The highest BCUT2D eigenvalue weighted by atomic mass is 19.2. The Balaban J connectivity index is 2.36. The summed E-state index contributed by atoms with van der Waals surface area (Å²) >= 11 is 0. The molecule has 1 N–H and O–H groups in total. The van der Waals surface area contributed by atoms with Gasteiger partial charge in [0.2, 0.25) is 0 Å². The summed E-state index contributed by atoms with van der Waals surface area (Å²) < 4.78 is 39.4. The SMILES string of the molecule is CCC1NCCC1c1cc(F)c(F)cc1F. The van der Waals surface area contributed by atoms with Crippen molar-refractivity contribution >= 4 is 0 Å². The lowest BCUT2D eigenvalue weighted by molar-refractivity contribution is 0.469.